The van der Waals surface area contributed by atoms with E-state index < -0.39 is 11.4 Å². The van der Waals surface area contributed by atoms with E-state index in [2.05, 4.69) is 12.0 Å². The number of rotatable bonds is 4. The lowest BCUT2D eigenvalue weighted by Gasteiger charge is -2.23. The Bertz CT molecular complexity index is 1200. The third-order valence-corrected chi connectivity index (χ3v) is 6.33. The summed E-state index contributed by atoms with van der Waals surface area (Å²) in [6.45, 7) is 2.85. The Balaban J connectivity index is 1.62. The van der Waals surface area contributed by atoms with Crippen molar-refractivity contribution in [2.45, 2.75) is 38.1 Å². The highest BCUT2D eigenvalue weighted by atomic mass is 35.5. The molecule has 0 radical (unpaired) electrons. The van der Waals surface area contributed by atoms with Gasteiger partial charge in [-0.05, 0) is 60.2 Å². The highest BCUT2D eigenvalue weighted by molar-refractivity contribution is 6.31. The molecule has 1 aliphatic heterocycles. The molecule has 1 aliphatic carbocycles. The molecule has 2 aromatic carbocycles. The predicted molar refractivity (Wildman–Crippen MR) is 114 cm³/mol. The Morgan fingerprint density at radius 1 is 1.20 bits per heavy atom. The molecule has 152 valence electrons. The van der Waals surface area contributed by atoms with Crippen LogP contribution in [0, 0.1) is 0 Å². The fourth-order valence-electron chi connectivity index (χ4n) is 4.76. The van der Waals surface area contributed by atoms with Crippen molar-refractivity contribution >= 4 is 34.9 Å². The second-order valence-corrected chi connectivity index (χ2v) is 8.42. The van der Waals surface area contributed by atoms with Crippen molar-refractivity contribution in [2.24, 2.45) is 0 Å². The number of amides is 1. The van der Waals surface area contributed by atoms with Crippen molar-refractivity contribution in [3.05, 3.63) is 76.1 Å². The number of hydrogen-bond acceptors (Lipinski definition) is 3. The number of anilines is 2. The van der Waals surface area contributed by atoms with Crippen LogP contribution in [0.1, 0.15) is 40.4 Å². The maximum absolute atomic E-state index is 13.9. The van der Waals surface area contributed by atoms with E-state index in [0.29, 0.717) is 17.9 Å². The SMILES string of the molecule is CCCn1cc(N2C(=O)[C@]3(Cc4ccc(C(=O)O)cc4C3)c3ccc(Cl)cc32)cn1. The van der Waals surface area contributed by atoms with Crippen LogP contribution in [-0.2, 0) is 29.6 Å². The van der Waals surface area contributed by atoms with Gasteiger partial charge in [-0.3, -0.25) is 14.4 Å². The Hall–Kier alpha value is -3.12. The average Bonchev–Trinajstić information content (AvgIpc) is 3.38. The molecule has 3 aromatic rings. The third-order valence-electron chi connectivity index (χ3n) is 6.10. The normalized spacial score (nSPS) is 19.4. The summed E-state index contributed by atoms with van der Waals surface area (Å²) in [5, 5.41) is 14.3. The van der Waals surface area contributed by atoms with Gasteiger partial charge in [-0.15, -0.1) is 0 Å². The smallest absolute Gasteiger partial charge is 0.335 e. The van der Waals surface area contributed by atoms with E-state index >= 15 is 0 Å². The molecule has 0 unspecified atom stereocenters. The van der Waals surface area contributed by atoms with Gasteiger partial charge in [0.15, 0.2) is 0 Å². The molecule has 1 atom stereocenters. The molecule has 0 saturated heterocycles. The lowest BCUT2D eigenvalue weighted by molar-refractivity contribution is -0.122. The first-order chi connectivity index (χ1) is 14.4. The number of aryl methyl sites for hydroxylation is 1. The minimum absolute atomic E-state index is 0.0242. The molecule has 1 amide bonds. The van der Waals surface area contributed by atoms with E-state index in [-0.39, 0.29) is 11.5 Å². The molecule has 6 nitrogen and oxygen atoms in total. The fraction of sp³-hybridized carbons (Fsp3) is 0.261. The van der Waals surface area contributed by atoms with Gasteiger partial charge in [0.25, 0.3) is 0 Å². The molecule has 30 heavy (non-hydrogen) atoms. The molecule has 1 spiro atoms. The number of hydrogen-bond donors (Lipinski definition) is 1. The Morgan fingerprint density at radius 2 is 2.00 bits per heavy atom. The van der Waals surface area contributed by atoms with Crippen LogP contribution in [-0.4, -0.2) is 26.8 Å². The molecule has 0 saturated carbocycles. The van der Waals surface area contributed by atoms with E-state index in [1.165, 1.54) is 0 Å². The van der Waals surface area contributed by atoms with E-state index in [1.54, 1.807) is 23.2 Å². The second-order valence-electron chi connectivity index (χ2n) is 7.99. The summed E-state index contributed by atoms with van der Waals surface area (Å²) in [5.41, 5.74) is 3.82. The number of aromatic nitrogens is 2. The Kier molecular flexibility index (Phi) is 4.22. The summed E-state index contributed by atoms with van der Waals surface area (Å²) in [6.07, 6.45) is 5.55. The van der Waals surface area contributed by atoms with E-state index in [0.717, 1.165) is 41.0 Å². The van der Waals surface area contributed by atoms with Crippen molar-refractivity contribution in [3.8, 4) is 0 Å². The van der Waals surface area contributed by atoms with Gasteiger partial charge >= 0.3 is 5.97 Å². The first-order valence-corrected chi connectivity index (χ1v) is 10.3. The van der Waals surface area contributed by atoms with Crippen molar-refractivity contribution < 1.29 is 14.7 Å². The summed E-state index contributed by atoms with van der Waals surface area (Å²) in [6, 6.07) is 10.7. The number of aromatic carboxylic acids is 1. The summed E-state index contributed by atoms with van der Waals surface area (Å²) in [5.74, 6) is -0.988. The average molecular weight is 422 g/mol. The van der Waals surface area contributed by atoms with E-state index in [9.17, 15) is 14.7 Å². The Morgan fingerprint density at radius 3 is 2.77 bits per heavy atom. The number of carboxylic acid groups (broad SMARTS) is 1. The van der Waals surface area contributed by atoms with Crippen molar-refractivity contribution in [1.29, 1.82) is 0 Å². The van der Waals surface area contributed by atoms with E-state index in [4.69, 9.17) is 11.6 Å². The third kappa shape index (κ3) is 2.67. The van der Waals surface area contributed by atoms with Gasteiger partial charge in [0.05, 0.1) is 28.6 Å². The van der Waals surface area contributed by atoms with Crippen LogP contribution in [0.3, 0.4) is 0 Å². The zero-order chi connectivity index (χ0) is 21.0. The minimum Gasteiger partial charge on any atom is -0.478 e. The number of halogens is 1. The van der Waals surface area contributed by atoms with Crippen LogP contribution < -0.4 is 4.90 Å². The quantitative estimate of drug-likeness (QED) is 0.679. The zero-order valence-corrected chi connectivity index (χ0v) is 17.2. The van der Waals surface area contributed by atoms with Crippen LogP contribution in [0.5, 0.6) is 0 Å². The first kappa shape index (κ1) is 18.9. The molecule has 0 fully saturated rings. The molecule has 7 heteroatoms. The van der Waals surface area contributed by atoms with Gasteiger partial charge in [0, 0.05) is 17.8 Å². The second kappa shape index (κ2) is 6.71. The van der Waals surface area contributed by atoms with Gasteiger partial charge in [0.1, 0.15) is 0 Å². The molecule has 1 aromatic heterocycles. The van der Waals surface area contributed by atoms with Crippen molar-refractivity contribution in [3.63, 3.8) is 0 Å². The number of carbonyl (C=O) groups is 2. The maximum atomic E-state index is 13.9. The van der Waals surface area contributed by atoms with Crippen molar-refractivity contribution in [1.82, 2.24) is 9.78 Å². The Labute approximate surface area is 178 Å². The molecule has 2 heterocycles. The van der Waals surface area contributed by atoms with Crippen LogP contribution in [0.2, 0.25) is 5.02 Å². The number of carboxylic acids is 1. The standard InChI is InChI=1S/C23H20ClN3O3/c1-2-7-26-13-18(12-25-26)27-20-9-17(24)5-6-19(20)23(22(27)30)10-15-4-3-14(21(28)29)8-16(15)11-23/h3-6,8-9,12-13H,2,7,10-11H2,1H3,(H,28,29)/t23-/m0/s1. The van der Waals surface area contributed by atoms with Gasteiger partial charge in [-0.25, -0.2) is 4.79 Å². The molecular formula is C23H20ClN3O3. The zero-order valence-electron chi connectivity index (χ0n) is 16.4. The summed E-state index contributed by atoms with van der Waals surface area (Å²) >= 11 is 6.29. The van der Waals surface area contributed by atoms with E-state index in [1.807, 2.05) is 35.1 Å². The van der Waals surface area contributed by atoms with Crippen LogP contribution in [0.15, 0.2) is 48.8 Å². The monoisotopic (exact) mass is 421 g/mol. The lowest BCUT2D eigenvalue weighted by Crippen LogP contribution is -2.39. The molecule has 5 rings (SSSR count). The van der Waals surface area contributed by atoms with Gasteiger partial charge < -0.3 is 5.11 Å². The van der Waals surface area contributed by atoms with Crippen molar-refractivity contribution in [2.75, 3.05) is 4.90 Å². The number of nitrogens with zero attached hydrogens (tertiary/aromatic N) is 3. The summed E-state index contributed by atoms with van der Waals surface area (Å²) in [4.78, 5) is 27.0. The fourth-order valence-corrected chi connectivity index (χ4v) is 4.93. The van der Waals surface area contributed by atoms with Gasteiger partial charge in [-0.2, -0.15) is 5.10 Å². The van der Waals surface area contributed by atoms with Crippen LogP contribution in [0.25, 0.3) is 0 Å². The molecule has 2 aliphatic rings. The number of fused-ring (bicyclic) bond motifs is 3. The molecule has 0 bridgehead atoms. The number of benzene rings is 2. The maximum Gasteiger partial charge on any atom is 0.335 e. The molecule has 1 N–H and O–H groups in total. The minimum atomic E-state index is -0.964. The number of carbonyl (C=O) groups excluding carboxylic acids is 1. The molecular weight excluding hydrogens is 402 g/mol. The van der Waals surface area contributed by atoms with Gasteiger partial charge in [-0.1, -0.05) is 30.7 Å². The highest BCUT2D eigenvalue weighted by Crippen LogP contribution is 2.52. The first-order valence-electron chi connectivity index (χ1n) is 9.95. The van der Waals surface area contributed by atoms with Gasteiger partial charge in [0.2, 0.25) is 5.91 Å². The predicted octanol–water partition coefficient (Wildman–Crippen LogP) is 4.36. The topological polar surface area (TPSA) is 75.4 Å². The van der Waals surface area contributed by atoms with Crippen LogP contribution in [0.4, 0.5) is 11.4 Å². The highest BCUT2D eigenvalue weighted by Gasteiger charge is 2.54. The van der Waals surface area contributed by atoms with Crippen LogP contribution >= 0.6 is 11.6 Å². The largest absolute Gasteiger partial charge is 0.478 e. The summed E-state index contributed by atoms with van der Waals surface area (Å²) in [7, 11) is 0. The lowest BCUT2D eigenvalue weighted by atomic mass is 9.79. The summed E-state index contributed by atoms with van der Waals surface area (Å²) < 4.78 is 1.83.